The third-order valence-electron chi connectivity index (χ3n) is 2.88. The van der Waals surface area contributed by atoms with E-state index in [2.05, 4.69) is 20.4 Å². The van der Waals surface area contributed by atoms with Gasteiger partial charge in [0, 0.05) is 6.42 Å². The van der Waals surface area contributed by atoms with Crippen LogP contribution in [0.4, 0.5) is 0 Å². The van der Waals surface area contributed by atoms with E-state index in [-0.39, 0.29) is 5.60 Å². The van der Waals surface area contributed by atoms with Gasteiger partial charge in [0.15, 0.2) is 0 Å². The molecule has 0 aromatic rings. The molecule has 1 atom stereocenters. The van der Waals surface area contributed by atoms with Gasteiger partial charge in [0.1, 0.15) is 5.60 Å². The van der Waals surface area contributed by atoms with Gasteiger partial charge in [-0.15, -0.1) is 0 Å². The molecule has 0 radical (unpaired) electrons. The number of ether oxygens (including phenoxy) is 1. The summed E-state index contributed by atoms with van der Waals surface area (Å²) in [7, 11) is 0. The molecule has 1 aliphatic heterocycles. The van der Waals surface area contributed by atoms with E-state index in [9.17, 15) is 0 Å². The average Bonchev–Trinajstić information content (AvgIpc) is 2.41. The highest BCUT2D eigenvalue weighted by Gasteiger charge is 2.31. The quantitative estimate of drug-likeness (QED) is 0.583. The van der Waals surface area contributed by atoms with Gasteiger partial charge in [-0.25, -0.2) is 0 Å². The monoisotopic (exact) mass is 182 g/mol. The highest BCUT2D eigenvalue weighted by Crippen LogP contribution is 2.35. The molecule has 0 aliphatic carbocycles. The van der Waals surface area contributed by atoms with E-state index in [0.717, 1.165) is 18.6 Å². The van der Waals surface area contributed by atoms with Crippen molar-refractivity contribution >= 4 is 0 Å². The molecule has 1 heterocycles. The number of allylic oxidation sites excluding steroid dienone is 1. The van der Waals surface area contributed by atoms with Crippen LogP contribution in [0.25, 0.3) is 0 Å². The molecule has 0 amide bonds. The molecule has 0 aromatic carbocycles. The largest absolute Gasteiger partial charge is 0.493 e. The van der Waals surface area contributed by atoms with Gasteiger partial charge in [-0.3, -0.25) is 0 Å². The summed E-state index contributed by atoms with van der Waals surface area (Å²) in [6.07, 6.45) is 8.75. The van der Waals surface area contributed by atoms with Gasteiger partial charge >= 0.3 is 0 Å². The molecule has 1 aliphatic rings. The first-order valence-corrected chi connectivity index (χ1v) is 5.53. The molecule has 0 N–H and O–H groups in total. The molecule has 0 aromatic heterocycles. The molecule has 1 heteroatoms. The van der Waals surface area contributed by atoms with Crippen LogP contribution in [-0.2, 0) is 4.74 Å². The van der Waals surface area contributed by atoms with Crippen molar-refractivity contribution in [1.29, 1.82) is 0 Å². The molecule has 1 rings (SSSR count). The fourth-order valence-electron chi connectivity index (χ4n) is 1.96. The Bertz CT molecular complexity index is 174. The summed E-state index contributed by atoms with van der Waals surface area (Å²) in [4.78, 5) is 0. The van der Waals surface area contributed by atoms with Crippen LogP contribution in [0.3, 0.4) is 0 Å². The van der Waals surface area contributed by atoms with Crippen LogP contribution in [0.5, 0.6) is 0 Å². The lowest BCUT2D eigenvalue weighted by Crippen LogP contribution is -2.21. The summed E-state index contributed by atoms with van der Waals surface area (Å²) >= 11 is 0. The highest BCUT2D eigenvalue weighted by molar-refractivity contribution is 4.97. The van der Waals surface area contributed by atoms with Gasteiger partial charge < -0.3 is 4.74 Å². The SMILES string of the molecule is C=C1CC[C@@](C)(CCCCCC)O1. The lowest BCUT2D eigenvalue weighted by molar-refractivity contribution is 0.0476. The first kappa shape index (κ1) is 10.6. The van der Waals surface area contributed by atoms with Crippen molar-refractivity contribution in [2.75, 3.05) is 0 Å². The third-order valence-corrected chi connectivity index (χ3v) is 2.88. The minimum atomic E-state index is 0.116. The predicted molar refractivity (Wildman–Crippen MR) is 56.6 cm³/mol. The standard InChI is InChI=1S/C12H22O/c1-4-5-6-7-9-12(3)10-8-11(2)13-12/h2,4-10H2,1,3H3/t12-/m1/s1. The highest BCUT2D eigenvalue weighted by atomic mass is 16.5. The Hall–Kier alpha value is -0.460. The Balaban J connectivity index is 2.16. The summed E-state index contributed by atoms with van der Waals surface area (Å²) in [5.41, 5.74) is 0.116. The fraction of sp³-hybridized carbons (Fsp3) is 0.833. The smallest absolute Gasteiger partial charge is 0.106 e. The predicted octanol–water partition coefficient (Wildman–Crippen LogP) is 4.04. The summed E-state index contributed by atoms with van der Waals surface area (Å²) < 4.78 is 5.73. The number of rotatable bonds is 5. The molecule has 76 valence electrons. The minimum absolute atomic E-state index is 0.116. The van der Waals surface area contributed by atoms with Crippen LogP contribution >= 0.6 is 0 Å². The first-order chi connectivity index (χ1) is 6.16. The van der Waals surface area contributed by atoms with Crippen LogP contribution < -0.4 is 0 Å². The van der Waals surface area contributed by atoms with E-state index in [1.54, 1.807) is 0 Å². The van der Waals surface area contributed by atoms with Crippen LogP contribution in [-0.4, -0.2) is 5.60 Å². The van der Waals surface area contributed by atoms with E-state index in [4.69, 9.17) is 4.74 Å². The normalized spacial score (nSPS) is 27.7. The maximum absolute atomic E-state index is 5.73. The number of unbranched alkanes of at least 4 members (excludes halogenated alkanes) is 3. The number of hydrogen-bond acceptors (Lipinski definition) is 1. The Kier molecular flexibility index (Phi) is 3.83. The van der Waals surface area contributed by atoms with Gasteiger partial charge in [0.05, 0.1) is 5.76 Å². The summed E-state index contributed by atoms with van der Waals surface area (Å²) in [5.74, 6) is 0.984. The van der Waals surface area contributed by atoms with Crippen molar-refractivity contribution < 1.29 is 4.74 Å². The maximum atomic E-state index is 5.73. The average molecular weight is 182 g/mol. The van der Waals surface area contributed by atoms with Gasteiger partial charge in [0.25, 0.3) is 0 Å². The van der Waals surface area contributed by atoms with Crippen LogP contribution in [0.15, 0.2) is 12.3 Å². The second-order valence-electron chi connectivity index (χ2n) is 4.40. The summed E-state index contributed by atoms with van der Waals surface area (Å²) in [5, 5.41) is 0. The Morgan fingerprint density at radius 2 is 2.15 bits per heavy atom. The lowest BCUT2D eigenvalue weighted by Gasteiger charge is -2.23. The zero-order valence-electron chi connectivity index (χ0n) is 9.07. The van der Waals surface area contributed by atoms with Crippen molar-refractivity contribution in [2.45, 2.75) is 64.4 Å². The van der Waals surface area contributed by atoms with Gasteiger partial charge in [-0.2, -0.15) is 0 Å². The van der Waals surface area contributed by atoms with Crippen LogP contribution in [0.1, 0.15) is 58.8 Å². The fourth-order valence-corrected chi connectivity index (χ4v) is 1.96. The molecule has 13 heavy (non-hydrogen) atoms. The number of hydrogen-bond donors (Lipinski definition) is 0. The van der Waals surface area contributed by atoms with Gasteiger partial charge in [-0.05, 0) is 26.2 Å². The van der Waals surface area contributed by atoms with Crippen LogP contribution in [0, 0.1) is 0 Å². The second kappa shape index (κ2) is 4.69. The molecule has 1 saturated heterocycles. The molecule has 0 spiro atoms. The van der Waals surface area contributed by atoms with Crippen LogP contribution in [0.2, 0.25) is 0 Å². The summed E-state index contributed by atoms with van der Waals surface area (Å²) in [6.45, 7) is 8.34. The van der Waals surface area contributed by atoms with Crippen molar-refractivity contribution in [3.05, 3.63) is 12.3 Å². The van der Waals surface area contributed by atoms with Gasteiger partial charge in [0.2, 0.25) is 0 Å². The lowest BCUT2D eigenvalue weighted by atomic mass is 9.95. The van der Waals surface area contributed by atoms with Crippen molar-refractivity contribution in [1.82, 2.24) is 0 Å². The topological polar surface area (TPSA) is 9.23 Å². The zero-order valence-corrected chi connectivity index (χ0v) is 9.07. The molecule has 0 unspecified atom stereocenters. The van der Waals surface area contributed by atoms with E-state index in [1.807, 2.05) is 0 Å². The molecule has 1 nitrogen and oxygen atoms in total. The van der Waals surface area contributed by atoms with E-state index in [0.29, 0.717) is 0 Å². The minimum Gasteiger partial charge on any atom is -0.493 e. The first-order valence-electron chi connectivity index (χ1n) is 5.53. The van der Waals surface area contributed by atoms with Crippen molar-refractivity contribution in [3.8, 4) is 0 Å². The zero-order chi connectivity index (χ0) is 9.73. The molecular weight excluding hydrogens is 160 g/mol. The second-order valence-corrected chi connectivity index (χ2v) is 4.40. The molecular formula is C12H22O. The molecule has 1 fully saturated rings. The molecule has 0 bridgehead atoms. The summed E-state index contributed by atoms with van der Waals surface area (Å²) in [6, 6.07) is 0. The molecule has 0 saturated carbocycles. The Labute approximate surface area is 82.2 Å². The van der Waals surface area contributed by atoms with Gasteiger partial charge in [-0.1, -0.05) is 32.8 Å². The maximum Gasteiger partial charge on any atom is 0.106 e. The van der Waals surface area contributed by atoms with E-state index >= 15 is 0 Å². The van der Waals surface area contributed by atoms with E-state index < -0.39 is 0 Å². The third kappa shape index (κ3) is 3.41. The van der Waals surface area contributed by atoms with Crippen molar-refractivity contribution in [3.63, 3.8) is 0 Å². The van der Waals surface area contributed by atoms with Crippen molar-refractivity contribution in [2.24, 2.45) is 0 Å². The Morgan fingerprint density at radius 1 is 1.38 bits per heavy atom. The Morgan fingerprint density at radius 3 is 2.69 bits per heavy atom. The van der Waals surface area contributed by atoms with E-state index in [1.165, 1.54) is 32.1 Å².